The summed E-state index contributed by atoms with van der Waals surface area (Å²) in [4.78, 5) is 4.23. The molecule has 0 spiro atoms. The molecule has 0 bridgehead atoms. The van der Waals surface area contributed by atoms with E-state index in [-0.39, 0.29) is 1.43 Å². The molecule has 0 saturated heterocycles. The Hall–Kier alpha value is -1.96. The normalized spacial score (nSPS) is 10.1. The van der Waals surface area contributed by atoms with E-state index in [0.717, 1.165) is 25.0 Å². The highest BCUT2D eigenvalue weighted by Gasteiger charge is 1.95. The van der Waals surface area contributed by atoms with Gasteiger partial charge in [0.2, 0.25) is 0 Å². The van der Waals surface area contributed by atoms with Crippen LogP contribution in [0.5, 0.6) is 0 Å². The Morgan fingerprint density at radius 1 is 0.882 bits per heavy atom. The molecule has 2 nitrogen and oxygen atoms in total. The van der Waals surface area contributed by atoms with E-state index in [1.165, 1.54) is 5.56 Å². The quantitative estimate of drug-likeness (QED) is 0.853. The Balaban J connectivity index is 0.00000162. The maximum atomic E-state index is 7.54. The summed E-state index contributed by atoms with van der Waals surface area (Å²) >= 11 is 0. The molecule has 0 aliphatic carbocycles. The van der Waals surface area contributed by atoms with Crippen LogP contribution in [0.3, 0.4) is 0 Å². The van der Waals surface area contributed by atoms with Gasteiger partial charge in [-0.15, -0.1) is 0 Å². The van der Waals surface area contributed by atoms with Gasteiger partial charge in [-0.25, -0.2) is 4.98 Å². The highest BCUT2D eigenvalue weighted by Crippen LogP contribution is 2.05. The number of rotatable bonds is 4. The van der Waals surface area contributed by atoms with Gasteiger partial charge in [0.15, 0.2) is 0 Å². The SMILES string of the molecule is N=c1ccccc(CCCc2ccccc2)n1.[H+]. The van der Waals surface area contributed by atoms with Crippen molar-refractivity contribution in [2.75, 3.05) is 0 Å². The van der Waals surface area contributed by atoms with Crippen molar-refractivity contribution in [3.8, 4) is 0 Å². The first kappa shape index (κ1) is 11.5. The summed E-state index contributed by atoms with van der Waals surface area (Å²) in [5, 5.41) is 7.54. The van der Waals surface area contributed by atoms with E-state index < -0.39 is 0 Å². The number of aromatic nitrogens is 1. The van der Waals surface area contributed by atoms with Crippen LogP contribution in [-0.2, 0) is 12.8 Å². The zero-order chi connectivity index (χ0) is 11.9. The van der Waals surface area contributed by atoms with Gasteiger partial charge in [-0.05, 0) is 37.0 Å². The molecule has 1 heterocycles. The Bertz CT molecular complexity index is 526. The van der Waals surface area contributed by atoms with E-state index in [4.69, 9.17) is 5.41 Å². The van der Waals surface area contributed by atoms with Crippen LogP contribution in [-0.4, -0.2) is 4.98 Å². The van der Waals surface area contributed by atoms with E-state index in [0.29, 0.717) is 5.49 Å². The van der Waals surface area contributed by atoms with Gasteiger partial charge < -0.3 is 0 Å². The predicted molar refractivity (Wildman–Crippen MR) is 69.7 cm³/mol. The largest absolute Gasteiger partial charge is 1.00 e. The first-order valence-electron chi connectivity index (χ1n) is 5.89. The maximum Gasteiger partial charge on any atom is 1.00 e. The van der Waals surface area contributed by atoms with Crippen molar-refractivity contribution in [1.82, 2.24) is 4.98 Å². The molecule has 86 valence electrons. The van der Waals surface area contributed by atoms with E-state index >= 15 is 0 Å². The Kier molecular flexibility index (Phi) is 4.03. The minimum atomic E-state index is 0. The highest BCUT2D eigenvalue weighted by molar-refractivity contribution is 5.15. The molecule has 17 heavy (non-hydrogen) atoms. The van der Waals surface area contributed by atoms with Gasteiger partial charge in [-0.2, -0.15) is 0 Å². The van der Waals surface area contributed by atoms with Crippen LogP contribution in [0, 0.1) is 5.41 Å². The first-order valence-corrected chi connectivity index (χ1v) is 5.89. The van der Waals surface area contributed by atoms with Crippen LogP contribution in [0.25, 0.3) is 0 Å². The molecule has 1 N–H and O–H groups in total. The molecule has 0 radical (unpaired) electrons. The standard InChI is InChI=1S/C15H16N2/c16-15-12-5-4-10-14(17-15)11-6-9-13-7-2-1-3-8-13/h1-5,7-8,10,12,16H,6,9,11H2/p+1. The van der Waals surface area contributed by atoms with Gasteiger partial charge in [0.1, 0.15) is 5.49 Å². The van der Waals surface area contributed by atoms with Crippen molar-refractivity contribution in [1.29, 1.82) is 5.41 Å². The Labute approximate surface area is 103 Å². The number of hydrogen-bond donors (Lipinski definition) is 1. The second-order valence-corrected chi connectivity index (χ2v) is 4.05. The lowest BCUT2D eigenvalue weighted by Gasteiger charge is -1.99. The third kappa shape index (κ3) is 3.83. The molecule has 1 aromatic carbocycles. The summed E-state index contributed by atoms with van der Waals surface area (Å²) in [5.74, 6) is 0. The average molecular weight is 225 g/mol. The topological polar surface area (TPSA) is 36.7 Å². The molecular weight excluding hydrogens is 208 g/mol. The molecule has 0 unspecified atom stereocenters. The van der Waals surface area contributed by atoms with Crippen molar-refractivity contribution in [3.63, 3.8) is 0 Å². The lowest BCUT2D eigenvalue weighted by molar-refractivity contribution is 0.794. The molecule has 0 atom stereocenters. The fraction of sp³-hybridized carbons (Fsp3) is 0.200. The van der Waals surface area contributed by atoms with Gasteiger partial charge in [-0.1, -0.05) is 42.5 Å². The van der Waals surface area contributed by atoms with Crippen LogP contribution in [0.1, 0.15) is 19.1 Å². The van der Waals surface area contributed by atoms with Crippen LogP contribution in [0.2, 0.25) is 0 Å². The minimum absolute atomic E-state index is 0. The first-order chi connectivity index (χ1) is 8.34. The molecule has 0 aliphatic rings. The summed E-state index contributed by atoms with van der Waals surface area (Å²) in [5.41, 5.74) is 2.69. The van der Waals surface area contributed by atoms with Crippen molar-refractivity contribution >= 4 is 0 Å². The maximum absolute atomic E-state index is 7.54. The summed E-state index contributed by atoms with van der Waals surface area (Å²) in [6.45, 7) is 0. The predicted octanol–water partition coefficient (Wildman–Crippen LogP) is 2.85. The van der Waals surface area contributed by atoms with Crippen LogP contribution in [0.4, 0.5) is 0 Å². The second kappa shape index (κ2) is 5.94. The lowest BCUT2D eigenvalue weighted by Crippen LogP contribution is -2.03. The molecule has 0 saturated carbocycles. The van der Waals surface area contributed by atoms with Crippen molar-refractivity contribution in [2.45, 2.75) is 19.3 Å². The van der Waals surface area contributed by atoms with Gasteiger partial charge in [0, 0.05) is 5.69 Å². The molecule has 2 aromatic rings. The van der Waals surface area contributed by atoms with Crippen molar-refractivity contribution in [2.24, 2.45) is 0 Å². The molecule has 0 fully saturated rings. The highest BCUT2D eigenvalue weighted by atomic mass is 14.7. The molecule has 2 rings (SSSR count). The van der Waals surface area contributed by atoms with Gasteiger partial charge in [0.25, 0.3) is 0 Å². The number of nitrogens with zero attached hydrogens (tertiary/aromatic N) is 1. The van der Waals surface area contributed by atoms with Crippen molar-refractivity contribution in [3.05, 3.63) is 71.3 Å². The third-order valence-corrected chi connectivity index (χ3v) is 2.66. The Morgan fingerprint density at radius 2 is 1.59 bits per heavy atom. The van der Waals surface area contributed by atoms with E-state index in [2.05, 4.69) is 29.2 Å². The Morgan fingerprint density at radius 3 is 2.41 bits per heavy atom. The van der Waals surface area contributed by atoms with Crippen LogP contribution < -0.4 is 5.49 Å². The third-order valence-electron chi connectivity index (χ3n) is 2.66. The molecular formula is C15H17N2+. The molecule has 0 aliphatic heterocycles. The van der Waals surface area contributed by atoms with Gasteiger partial charge in [0.05, 0.1) is 0 Å². The fourth-order valence-corrected chi connectivity index (χ4v) is 1.80. The van der Waals surface area contributed by atoms with E-state index in [1.54, 1.807) is 6.07 Å². The summed E-state index contributed by atoms with van der Waals surface area (Å²) < 4.78 is 0. The van der Waals surface area contributed by atoms with Gasteiger partial charge >= 0.3 is 1.43 Å². The van der Waals surface area contributed by atoms with Crippen molar-refractivity contribution < 1.29 is 1.43 Å². The van der Waals surface area contributed by atoms with Crippen LogP contribution >= 0.6 is 0 Å². The number of nitrogens with one attached hydrogen (secondary N) is 1. The summed E-state index contributed by atoms with van der Waals surface area (Å²) in [6.07, 6.45) is 3.06. The average Bonchev–Trinajstić information content (AvgIpc) is 2.55. The molecule has 1 aromatic heterocycles. The zero-order valence-corrected chi connectivity index (χ0v) is 9.76. The zero-order valence-electron chi connectivity index (χ0n) is 10.8. The molecule has 2 heteroatoms. The number of aryl methyl sites for hydroxylation is 2. The minimum Gasteiger partial charge on any atom is -0.283 e. The molecule has 0 amide bonds. The summed E-state index contributed by atoms with van der Waals surface area (Å²) in [7, 11) is 0. The van der Waals surface area contributed by atoms with E-state index in [9.17, 15) is 0 Å². The number of hydrogen-bond acceptors (Lipinski definition) is 2. The fourth-order valence-electron chi connectivity index (χ4n) is 1.80. The van der Waals surface area contributed by atoms with Crippen LogP contribution in [0.15, 0.2) is 54.6 Å². The lowest BCUT2D eigenvalue weighted by atomic mass is 10.1. The second-order valence-electron chi connectivity index (χ2n) is 4.05. The smallest absolute Gasteiger partial charge is 0.283 e. The number of benzene rings is 1. The van der Waals surface area contributed by atoms with Gasteiger partial charge in [-0.3, -0.25) is 5.41 Å². The summed E-state index contributed by atoms with van der Waals surface area (Å²) in [6, 6.07) is 18.0. The van der Waals surface area contributed by atoms with E-state index in [1.807, 2.05) is 24.3 Å². The monoisotopic (exact) mass is 225 g/mol.